The molecule has 0 heterocycles. The van der Waals surface area contributed by atoms with Gasteiger partial charge in [-0.2, -0.15) is 0 Å². The number of terminal acetylenes is 1. The average Bonchev–Trinajstić information content (AvgIpc) is 2.09. The lowest BCUT2D eigenvalue weighted by atomic mass is 9.85. The van der Waals surface area contributed by atoms with Gasteiger partial charge in [0.2, 0.25) is 0 Å². The lowest BCUT2D eigenvalue weighted by Gasteiger charge is -2.18. The Morgan fingerprint density at radius 3 is 2.46 bits per heavy atom. The van der Waals surface area contributed by atoms with E-state index >= 15 is 0 Å². The Bertz CT molecular complexity index is 359. The zero-order chi connectivity index (χ0) is 10.1. The summed E-state index contributed by atoms with van der Waals surface area (Å²) in [4.78, 5) is 0. The molecule has 0 bridgehead atoms. The van der Waals surface area contributed by atoms with Crippen molar-refractivity contribution in [3.8, 4) is 12.3 Å². The minimum atomic E-state index is -0.860. The highest BCUT2D eigenvalue weighted by atomic mass is 19.2. The second kappa shape index (κ2) is 3.18. The fraction of sp³-hybridized carbons (Fsp3) is 0.273. The van der Waals surface area contributed by atoms with E-state index in [0.29, 0.717) is 0 Å². The highest BCUT2D eigenvalue weighted by Gasteiger charge is 2.22. The van der Waals surface area contributed by atoms with E-state index in [-0.39, 0.29) is 5.56 Å². The summed E-state index contributed by atoms with van der Waals surface area (Å²) < 4.78 is 26.0. The van der Waals surface area contributed by atoms with E-state index in [1.54, 1.807) is 13.8 Å². The summed E-state index contributed by atoms with van der Waals surface area (Å²) in [5.41, 5.74) is -0.554. The molecule has 1 rings (SSSR count). The van der Waals surface area contributed by atoms with Gasteiger partial charge < -0.3 is 0 Å². The van der Waals surface area contributed by atoms with Crippen molar-refractivity contribution in [2.45, 2.75) is 19.3 Å². The van der Waals surface area contributed by atoms with Crippen LogP contribution in [-0.2, 0) is 5.41 Å². The van der Waals surface area contributed by atoms with Crippen LogP contribution in [0.2, 0.25) is 0 Å². The first kappa shape index (κ1) is 9.73. The molecule has 0 radical (unpaired) electrons. The highest BCUT2D eigenvalue weighted by Crippen LogP contribution is 2.25. The molecule has 1 aromatic carbocycles. The Balaban J connectivity index is 3.33. The van der Waals surface area contributed by atoms with E-state index in [0.717, 1.165) is 6.07 Å². The number of hydrogen-bond acceptors (Lipinski definition) is 0. The van der Waals surface area contributed by atoms with Crippen LogP contribution in [0.4, 0.5) is 8.78 Å². The lowest BCUT2D eigenvalue weighted by molar-refractivity contribution is 0.482. The molecule has 1 aromatic rings. The molecule has 0 amide bonds. The summed E-state index contributed by atoms with van der Waals surface area (Å²) in [7, 11) is 0. The van der Waals surface area contributed by atoms with Gasteiger partial charge in [-0.1, -0.05) is 18.1 Å². The Kier molecular flexibility index (Phi) is 2.38. The van der Waals surface area contributed by atoms with Crippen molar-refractivity contribution in [1.82, 2.24) is 0 Å². The van der Waals surface area contributed by atoms with Gasteiger partial charge in [-0.3, -0.25) is 0 Å². The standard InChI is InChI=1S/C11H10F2/c1-4-11(2,3)8-6-5-7-9(12)10(8)13/h1,5-7H,2-3H3. The van der Waals surface area contributed by atoms with Crippen LogP contribution in [0, 0.1) is 24.0 Å². The molecule has 0 atom stereocenters. The second-order valence-electron chi connectivity index (χ2n) is 3.37. The normalized spacial score (nSPS) is 11.0. The van der Waals surface area contributed by atoms with Gasteiger partial charge in [-0.05, 0) is 19.9 Å². The van der Waals surface area contributed by atoms with Gasteiger partial charge in [-0.15, -0.1) is 6.42 Å². The smallest absolute Gasteiger partial charge is 0.163 e. The third-order valence-corrected chi connectivity index (χ3v) is 1.99. The first-order valence-corrected chi connectivity index (χ1v) is 3.91. The highest BCUT2D eigenvalue weighted by molar-refractivity contribution is 5.33. The first-order chi connectivity index (χ1) is 5.99. The molecule has 0 aliphatic rings. The van der Waals surface area contributed by atoms with Gasteiger partial charge in [0.15, 0.2) is 11.6 Å². The van der Waals surface area contributed by atoms with Crippen LogP contribution < -0.4 is 0 Å². The quantitative estimate of drug-likeness (QED) is 0.583. The fourth-order valence-corrected chi connectivity index (χ4v) is 1.06. The Morgan fingerprint density at radius 1 is 1.31 bits per heavy atom. The van der Waals surface area contributed by atoms with Crippen molar-refractivity contribution >= 4 is 0 Å². The van der Waals surface area contributed by atoms with Crippen molar-refractivity contribution in [3.05, 3.63) is 35.4 Å². The SMILES string of the molecule is C#CC(C)(C)c1cccc(F)c1F. The van der Waals surface area contributed by atoms with Crippen LogP contribution in [0.1, 0.15) is 19.4 Å². The first-order valence-electron chi connectivity index (χ1n) is 3.91. The van der Waals surface area contributed by atoms with Crippen LogP contribution in [0.25, 0.3) is 0 Å². The van der Waals surface area contributed by atoms with Gasteiger partial charge in [-0.25, -0.2) is 8.78 Å². The summed E-state index contributed by atoms with van der Waals surface area (Å²) in [5, 5.41) is 0. The summed E-state index contributed by atoms with van der Waals surface area (Å²) >= 11 is 0. The lowest BCUT2D eigenvalue weighted by Crippen LogP contribution is -2.16. The van der Waals surface area contributed by atoms with E-state index < -0.39 is 17.0 Å². The minimum Gasteiger partial charge on any atom is -0.204 e. The Labute approximate surface area is 76.6 Å². The van der Waals surface area contributed by atoms with Crippen LogP contribution >= 0.6 is 0 Å². The molecule has 13 heavy (non-hydrogen) atoms. The van der Waals surface area contributed by atoms with Gasteiger partial charge in [0.25, 0.3) is 0 Å². The summed E-state index contributed by atoms with van der Waals surface area (Å²) in [6.45, 7) is 3.34. The summed E-state index contributed by atoms with van der Waals surface area (Å²) in [6.07, 6.45) is 5.22. The Morgan fingerprint density at radius 2 is 1.92 bits per heavy atom. The van der Waals surface area contributed by atoms with Gasteiger partial charge in [0.1, 0.15) is 0 Å². The zero-order valence-electron chi connectivity index (χ0n) is 7.57. The molecule has 0 nitrogen and oxygen atoms in total. The molecule has 0 spiro atoms. The molecule has 0 aromatic heterocycles. The minimum absolute atomic E-state index is 0.218. The molecule has 0 aliphatic heterocycles. The molecule has 68 valence electrons. The number of halogens is 2. The van der Waals surface area contributed by atoms with Crippen molar-refractivity contribution in [3.63, 3.8) is 0 Å². The number of benzene rings is 1. The average molecular weight is 180 g/mol. The van der Waals surface area contributed by atoms with E-state index in [2.05, 4.69) is 5.92 Å². The van der Waals surface area contributed by atoms with E-state index in [1.165, 1.54) is 12.1 Å². The van der Waals surface area contributed by atoms with Gasteiger partial charge in [0.05, 0.1) is 5.41 Å². The fourth-order valence-electron chi connectivity index (χ4n) is 1.06. The monoisotopic (exact) mass is 180 g/mol. The zero-order valence-corrected chi connectivity index (χ0v) is 7.57. The number of rotatable bonds is 1. The predicted molar refractivity (Wildman–Crippen MR) is 48.2 cm³/mol. The maximum atomic E-state index is 13.2. The topological polar surface area (TPSA) is 0 Å². The molecular weight excluding hydrogens is 170 g/mol. The van der Waals surface area contributed by atoms with Crippen molar-refractivity contribution in [1.29, 1.82) is 0 Å². The molecule has 0 unspecified atom stereocenters. The van der Waals surface area contributed by atoms with Crippen molar-refractivity contribution in [2.24, 2.45) is 0 Å². The Hall–Kier alpha value is -1.36. The molecule has 2 heteroatoms. The molecule has 0 saturated carbocycles. The summed E-state index contributed by atoms with van der Waals surface area (Å²) in [5.74, 6) is 0.703. The van der Waals surface area contributed by atoms with Crippen molar-refractivity contribution < 1.29 is 8.78 Å². The molecule has 0 fully saturated rings. The van der Waals surface area contributed by atoms with Crippen LogP contribution in [-0.4, -0.2) is 0 Å². The van der Waals surface area contributed by atoms with Gasteiger partial charge in [0, 0.05) is 5.56 Å². The predicted octanol–water partition coefficient (Wildman–Crippen LogP) is 2.88. The molecule has 0 N–H and O–H groups in total. The van der Waals surface area contributed by atoms with Crippen LogP contribution in [0.15, 0.2) is 18.2 Å². The van der Waals surface area contributed by atoms with Crippen LogP contribution in [0.3, 0.4) is 0 Å². The maximum Gasteiger partial charge on any atom is 0.163 e. The molecule has 0 saturated heterocycles. The summed E-state index contributed by atoms with van der Waals surface area (Å²) in [6, 6.07) is 4.02. The third-order valence-electron chi connectivity index (χ3n) is 1.99. The third kappa shape index (κ3) is 1.70. The maximum absolute atomic E-state index is 13.2. The van der Waals surface area contributed by atoms with Gasteiger partial charge >= 0.3 is 0 Å². The van der Waals surface area contributed by atoms with Crippen molar-refractivity contribution in [2.75, 3.05) is 0 Å². The number of hydrogen-bond donors (Lipinski definition) is 0. The molecular formula is C11H10F2. The molecule has 0 aliphatic carbocycles. The van der Waals surface area contributed by atoms with E-state index in [4.69, 9.17) is 6.42 Å². The van der Waals surface area contributed by atoms with E-state index in [1.807, 2.05) is 0 Å². The largest absolute Gasteiger partial charge is 0.204 e. The van der Waals surface area contributed by atoms with E-state index in [9.17, 15) is 8.78 Å². The van der Waals surface area contributed by atoms with Crippen LogP contribution in [0.5, 0.6) is 0 Å². The second-order valence-corrected chi connectivity index (χ2v) is 3.37.